The Morgan fingerprint density at radius 2 is 2.14 bits per heavy atom. The van der Waals surface area contributed by atoms with E-state index in [1.54, 1.807) is 10.9 Å². The zero-order chi connectivity index (χ0) is 18.4. The van der Waals surface area contributed by atoms with Crippen LogP contribution in [0.25, 0.3) is 33.1 Å². The van der Waals surface area contributed by atoms with Crippen LogP contribution in [0, 0.1) is 11.3 Å². The van der Waals surface area contributed by atoms with E-state index in [-0.39, 0.29) is 18.5 Å². The van der Waals surface area contributed by atoms with E-state index < -0.39 is 0 Å². The highest BCUT2D eigenvalue weighted by molar-refractivity contribution is 6.10. The zero-order valence-electron chi connectivity index (χ0n) is 15.1. The van der Waals surface area contributed by atoms with Crippen LogP contribution in [0.4, 0.5) is 0 Å². The Bertz CT molecular complexity index is 1200. The summed E-state index contributed by atoms with van der Waals surface area (Å²) in [4.78, 5) is 12.1. The molecule has 1 fully saturated rings. The fourth-order valence-electron chi connectivity index (χ4n) is 3.56. The van der Waals surface area contributed by atoms with Gasteiger partial charge in [-0.3, -0.25) is 4.68 Å². The number of halogens is 1. The molecule has 0 amide bonds. The van der Waals surface area contributed by atoms with Crippen LogP contribution in [0.15, 0.2) is 30.9 Å². The molecule has 1 aliphatic rings. The van der Waals surface area contributed by atoms with Crippen LogP contribution < -0.4 is 10.1 Å². The van der Waals surface area contributed by atoms with Gasteiger partial charge in [-0.05, 0) is 19.0 Å². The normalized spacial score (nSPS) is 16.2. The van der Waals surface area contributed by atoms with Crippen molar-refractivity contribution >= 4 is 34.3 Å². The molecular formula is C19H18ClN7O. The van der Waals surface area contributed by atoms with Crippen molar-refractivity contribution in [1.82, 2.24) is 30.0 Å². The van der Waals surface area contributed by atoms with Gasteiger partial charge in [-0.25, -0.2) is 9.97 Å². The first kappa shape index (κ1) is 18.2. The summed E-state index contributed by atoms with van der Waals surface area (Å²) in [6, 6.07) is 4.22. The lowest BCUT2D eigenvalue weighted by atomic mass is 10.1. The smallest absolute Gasteiger partial charge is 0.183 e. The summed E-state index contributed by atoms with van der Waals surface area (Å²) in [6.07, 6.45) is 8.17. The molecule has 0 aromatic carbocycles. The van der Waals surface area contributed by atoms with Gasteiger partial charge in [0.05, 0.1) is 23.3 Å². The van der Waals surface area contributed by atoms with Crippen LogP contribution in [0.1, 0.15) is 12.1 Å². The Labute approximate surface area is 167 Å². The molecule has 5 rings (SSSR count). The van der Waals surface area contributed by atoms with Crippen LogP contribution in [-0.4, -0.2) is 43.9 Å². The molecule has 2 N–H and O–H groups in total. The molecule has 28 heavy (non-hydrogen) atoms. The van der Waals surface area contributed by atoms with Crippen LogP contribution in [0.3, 0.4) is 0 Å². The van der Waals surface area contributed by atoms with Gasteiger partial charge in [-0.15, -0.1) is 12.4 Å². The molecule has 0 bridgehead atoms. The van der Waals surface area contributed by atoms with Crippen molar-refractivity contribution < 1.29 is 4.74 Å². The monoisotopic (exact) mass is 395 g/mol. The fourth-order valence-corrected chi connectivity index (χ4v) is 3.56. The average Bonchev–Trinajstić information content (AvgIpc) is 3.41. The molecule has 5 heterocycles. The van der Waals surface area contributed by atoms with Crippen molar-refractivity contribution in [2.75, 3.05) is 13.1 Å². The lowest BCUT2D eigenvalue weighted by Gasteiger charge is -2.14. The van der Waals surface area contributed by atoms with E-state index in [4.69, 9.17) is 4.74 Å². The second-order valence-electron chi connectivity index (χ2n) is 6.72. The second kappa shape index (κ2) is 7.11. The van der Waals surface area contributed by atoms with Gasteiger partial charge in [0.15, 0.2) is 11.4 Å². The minimum Gasteiger partial charge on any atom is -0.485 e. The van der Waals surface area contributed by atoms with Crippen molar-refractivity contribution in [2.24, 2.45) is 7.05 Å². The quantitative estimate of drug-likeness (QED) is 0.552. The van der Waals surface area contributed by atoms with Crippen molar-refractivity contribution in [3.05, 3.63) is 36.5 Å². The number of ether oxygens (including phenoxy) is 1. The summed E-state index contributed by atoms with van der Waals surface area (Å²) in [5.74, 6) is 0.528. The number of hydrogen-bond donors (Lipinski definition) is 2. The summed E-state index contributed by atoms with van der Waals surface area (Å²) in [5.41, 5.74) is 3.78. The SMILES string of the molecule is Cl.Cn1cc(-c2cnc3[nH]c4cnc(C#N)c(OC5CCNC5)c4c3c2)cn1. The Balaban J connectivity index is 0.00000192. The van der Waals surface area contributed by atoms with Crippen LogP contribution in [0.2, 0.25) is 0 Å². The summed E-state index contributed by atoms with van der Waals surface area (Å²) in [7, 11) is 1.88. The van der Waals surface area contributed by atoms with Gasteiger partial charge in [-0.1, -0.05) is 0 Å². The van der Waals surface area contributed by atoms with E-state index in [0.717, 1.165) is 52.6 Å². The molecule has 0 saturated carbocycles. The third-order valence-electron chi connectivity index (χ3n) is 4.89. The average molecular weight is 396 g/mol. The zero-order valence-corrected chi connectivity index (χ0v) is 16.0. The maximum Gasteiger partial charge on any atom is 0.183 e. The lowest BCUT2D eigenvalue weighted by molar-refractivity contribution is 0.224. The van der Waals surface area contributed by atoms with Crippen molar-refractivity contribution in [1.29, 1.82) is 5.26 Å². The Morgan fingerprint density at radius 3 is 2.86 bits per heavy atom. The molecule has 0 aliphatic carbocycles. The molecule has 0 spiro atoms. The third kappa shape index (κ3) is 2.95. The minimum absolute atomic E-state index is 0. The Morgan fingerprint density at radius 1 is 1.25 bits per heavy atom. The van der Waals surface area contributed by atoms with Gasteiger partial charge in [-0.2, -0.15) is 10.4 Å². The van der Waals surface area contributed by atoms with Gasteiger partial charge in [0.25, 0.3) is 0 Å². The van der Waals surface area contributed by atoms with E-state index >= 15 is 0 Å². The molecule has 9 heteroatoms. The van der Waals surface area contributed by atoms with Crippen LogP contribution >= 0.6 is 12.4 Å². The maximum absolute atomic E-state index is 9.55. The highest BCUT2D eigenvalue weighted by Gasteiger charge is 2.22. The third-order valence-corrected chi connectivity index (χ3v) is 4.89. The summed E-state index contributed by atoms with van der Waals surface area (Å²) < 4.78 is 7.97. The predicted octanol–water partition coefficient (Wildman–Crippen LogP) is 2.55. The number of aromatic nitrogens is 5. The molecule has 8 nitrogen and oxygen atoms in total. The number of pyridine rings is 2. The lowest BCUT2D eigenvalue weighted by Crippen LogP contribution is -2.20. The number of nitriles is 1. The molecule has 4 aromatic rings. The standard InChI is InChI=1S/C19H17N7O.ClH/c1-26-10-12(7-24-26)11-4-14-17-16(25-19(14)23-6-11)9-22-15(5-20)18(17)27-13-2-3-21-8-13;/h4,6-7,9-10,13,21H,2-3,8H2,1H3,(H,23,25);1H. The molecule has 0 radical (unpaired) electrons. The predicted molar refractivity (Wildman–Crippen MR) is 107 cm³/mol. The number of aromatic amines is 1. The van der Waals surface area contributed by atoms with E-state index in [1.165, 1.54) is 0 Å². The van der Waals surface area contributed by atoms with Gasteiger partial charge < -0.3 is 15.0 Å². The Hall–Kier alpha value is -3.15. The summed E-state index contributed by atoms with van der Waals surface area (Å²) >= 11 is 0. The Kier molecular flexibility index (Phi) is 4.63. The molecule has 142 valence electrons. The van der Waals surface area contributed by atoms with E-state index in [9.17, 15) is 5.26 Å². The summed E-state index contributed by atoms with van der Waals surface area (Å²) in [5, 5.41) is 18.8. The van der Waals surface area contributed by atoms with Crippen LogP contribution in [0.5, 0.6) is 5.75 Å². The van der Waals surface area contributed by atoms with Crippen molar-refractivity contribution in [3.8, 4) is 22.9 Å². The number of aryl methyl sites for hydroxylation is 1. The molecule has 1 unspecified atom stereocenters. The van der Waals surface area contributed by atoms with Gasteiger partial charge in [0, 0.05) is 42.5 Å². The van der Waals surface area contributed by atoms with E-state index in [2.05, 4.69) is 37.5 Å². The first-order valence-electron chi connectivity index (χ1n) is 8.80. The topological polar surface area (TPSA) is 104 Å². The molecular weight excluding hydrogens is 378 g/mol. The van der Waals surface area contributed by atoms with Gasteiger partial charge >= 0.3 is 0 Å². The van der Waals surface area contributed by atoms with E-state index in [1.807, 2.05) is 25.6 Å². The van der Waals surface area contributed by atoms with Crippen molar-refractivity contribution in [3.63, 3.8) is 0 Å². The second-order valence-corrected chi connectivity index (χ2v) is 6.72. The minimum atomic E-state index is 0. The number of nitrogens with one attached hydrogen (secondary N) is 2. The number of rotatable bonds is 3. The number of nitrogens with zero attached hydrogens (tertiary/aromatic N) is 5. The molecule has 1 saturated heterocycles. The van der Waals surface area contributed by atoms with Gasteiger partial charge in [0.1, 0.15) is 17.8 Å². The van der Waals surface area contributed by atoms with E-state index in [0.29, 0.717) is 11.4 Å². The van der Waals surface area contributed by atoms with Crippen LogP contribution in [-0.2, 0) is 7.05 Å². The van der Waals surface area contributed by atoms with Crippen molar-refractivity contribution in [2.45, 2.75) is 12.5 Å². The molecule has 1 atom stereocenters. The number of fused-ring (bicyclic) bond motifs is 3. The fraction of sp³-hybridized carbons (Fsp3) is 0.263. The first-order chi connectivity index (χ1) is 13.2. The van der Waals surface area contributed by atoms with Gasteiger partial charge in [0.2, 0.25) is 0 Å². The molecule has 4 aromatic heterocycles. The summed E-state index contributed by atoms with van der Waals surface area (Å²) in [6.45, 7) is 1.68. The number of hydrogen-bond acceptors (Lipinski definition) is 6. The maximum atomic E-state index is 9.55. The first-order valence-corrected chi connectivity index (χ1v) is 8.80. The highest BCUT2D eigenvalue weighted by Crippen LogP contribution is 2.36. The molecule has 1 aliphatic heterocycles. The largest absolute Gasteiger partial charge is 0.485 e. The highest BCUT2D eigenvalue weighted by atomic mass is 35.5. The number of H-pyrrole nitrogens is 1.